The molecule has 0 saturated carbocycles. The molecule has 15 heavy (non-hydrogen) atoms. The van der Waals surface area contributed by atoms with Gasteiger partial charge in [-0.25, -0.2) is 0 Å². The van der Waals surface area contributed by atoms with E-state index in [4.69, 9.17) is 16.1 Å². The summed E-state index contributed by atoms with van der Waals surface area (Å²) in [7, 11) is 0. The normalized spacial score (nSPS) is 12.7. The number of halogens is 1. The van der Waals surface area contributed by atoms with E-state index in [0.29, 0.717) is 5.76 Å². The summed E-state index contributed by atoms with van der Waals surface area (Å²) in [5, 5.41) is 0. The molecule has 2 aromatic rings. The molecule has 0 N–H and O–H groups in total. The molecule has 78 valence electrons. The van der Waals surface area contributed by atoms with Crippen molar-refractivity contribution in [3.05, 3.63) is 58.1 Å². The zero-order valence-electron chi connectivity index (χ0n) is 8.18. The number of aryl methyl sites for hydroxylation is 1. The zero-order valence-corrected chi connectivity index (χ0v) is 8.94. The quantitative estimate of drug-likeness (QED) is 0.734. The highest BCUT2D eigenvalue weighted by atomic mass is 35.5. The van der Waals surface area contributed by atoms with E-state index in [1.807, 2.05) is 30.3 Å². The van der Waals surface area contributed by atoms with Gasteiger partial charge >= 0.3 is 0 Å². The van der Waals surface area contributed by atoms with Gasteiger partial charge in [0.2, 0.25) is 0 Å². The lowest BCUT2D eigenvalue weighted by atomic mass is 10.2. The van der Waals surface area contributed by atoms with E-state index >= 15 is 0 Å². The van der Waals surface area contributed by atoms with Crippen LogP contribution in [0.3, 0.4) is 0 Å². The average Bonchev–Trinajstić information content (AvgIpc) is 2.58. The maximum Gasteiger partial charge on any atom is 0.284 e. The second kappa shape index (κ2) is 3.95. The Morgan fingerprint density at radius 1 is 1.33 bits per heavy atom. The molecule has 0 aliphatic rings. The third kappa shape index (κ3) is 1.97. The minimum absolute atomic E-state index is 0.226. The van der Waals surface area contributed by atoms with E-state index in [2.05, 4.69) is 0 Å². The van der Waals surface area contributed by atoms with Gasteiger partial charge in [-0.05, 0) is 12.5 Å². The lowest BCUT2D eigenvalue weighted by Crippen LogP contribution is -2.16. The molecule has 3 nitrogen and oxygen atoms in total. The first-order chi connectivity index (χ1) is 7.18. The molecule has 1 aromatic heterocycles. The molecular weight excluding hydrogens is 214 g/mol. The summed E-state index contributed by atoms with van der Waals surface area (Å²) in [6, 6.07) is 10.7. The lowest BCUT2D eigenvalue weighted by Gasteiger charge is -2.08. The summed E-state index contributed by atoms with van der Waals surface area (Å²) in [5.41, 5.74) is 0.0133. The maximum atomic E-state index is 11.4. The van der Waals surface area contributed by atoms with Crippen molar-refractivity contribution < 1.29 is 4.52 Å². The van der Waals surface area contributed by atoms with Gasteiger partial charge in [0.1, 0.15) is 5.76 Å². The Bertz CT molecular complexity index is 501. The van der Waals surface area contributed by atoms with Crippen LogP contribution < -0.4 is 5.56 Å². The fraction of sp³-hybridized carbons (Fsp3) is 0.182. The predicted octanol–water partition coefficient (Wildman–Crippen LogP) is 2.54. The molecule has 0 amide bonds. The van der Waals surface area contributed by atoms with E-state index in [0.717, 1.165) is 10.3 Å². The lowest BCUT2D eigenvalue weighted by molar-refractivity contribution is 0.257. The van der Waals surface area contributed by atoms with Crippen molar-refractivity contribution in [3.63, 3.8) is 0 Å². The van der Waals surface area contributed by atoms with Gasteiger partial charge in [0.05, 0.1) is 0 Å². The fourth-order valence-corrected chi connectivity index (χ4v) is 1.65. The molecule has 0 spiro atoms. The number of aromatic nitrogens is 1. The molecule has 0 radical (unpaired) electrons. The van der Waals surface area contributed by atoms with Gasteiger partial charge in [-0.15, -0.1) is 4.74 Å². The minimum Gasteiger partial charge on any atom is -0.379 e. The third-order valence-electron chi connectivity index (χ3n) is 2.07. The van der Waals surface area contributed by atoms with E-state index < -0.39 is 5.50 Å². The SMILES string of the molecule is Cc1cc(=O)n(C(Cl)c2ccccc2)o1. The van der Waals surface area contributed by atoms with Gasteiger partial charge in [-0.1, -0.05) is 41.9 Å². The Morgan fingerprint density at radius 3 is 2.53 bits per heavy atom. The Morgan fingerprint density at radius 2 is 2.00 bits per heavy atom. The minimum atomic E-state index is -0.590. The number of nitrogens with zero attached hydrogens (tertiary/aromatic N) is 1. The van der Waals surface area contributed by atoms with Crippen LogP contribution in [0.4, 0.5) is 0 Å². The topological polar surface area (TPSA) is 35.1 Å². The van der Waals surface area contributed by atoms with Crippen molar-refractivity contribution in [1.29, 1.82) is 0 Å². The number of hydrogen-bond donors (Lipinski definition) is 0. The van der Waals surface area contributed by atoms with Crippen LogP contribution in [0.1, 0.15) is 16.8 Å². The van der Waals surface area contributed by atoms with Gasteiger partial charge in [-0.3, -0.25) is 4.79 Å². The fourth-order valence-electron chi connectivity index (χ4n) is 1.37. The first-order valence-electron chi connectivity index (χ1n) is 4.57. The molecule has 1 heterocycles. The van der Waals surface area contributed by atoms with Crippen LogP contribution in [-0.4, -0.2) is 4.74 Å². The molecular formula is C11H10ClNO2. The number of rotatable bonds is 2. The Hall–Kier alpha value is -1.48. The summed E-state index contributed by atoms with van der Waals surface area (Å²) >= 11 is 6.12. The van der Waals surface area contributed by atoms with E-state index in [9.17, 15) is 4.79 Å². The van der Waals surface area contributed by atoms with Crippen LogP contribution in [0.2, 0.25) is 0 Å². The summed E-state index contributed by atoms with van der Waals surface area (Å²) < 4.78 is 6.36. The Balaban J connectivity index is 2.41. The van der Waals surface area contributed by atoms with Crippen LogP contribution in [0, 0.1) is 6.92 Å². The standard InChI is InChI=1S/C11H10ClNO2/c1-8-7-10(14)13(15-8)11(12)9-5-3-2-4-6-9/h2-7,11H,1H3. The van der Waals surface area contributed by atoms with E-state index in [-0.39, 0.29) is 5.56 Å². The number of benzene rings is 1. The third-order valence-corrected chi connectivity index (χ3v) is 2.50. The van der Waals surface area contributed by atoms with Crippen LogP contribution in [-0.2, 0) is 0 Å². The second-order valence-corrected chi connectivity index (χ2v) is 3.67. The highest BCUT2D eigenvalue weighted by Crippen LogP contribution is 2.20. The van der Waals surface area contributed by atoms with Crippen LogP contribution >= 0.6 is 11.6 Å². The molecule has 4 heteroatoms. The van der Waals surface area contributed by atoms with Crippen molar-refractivity contribution in [2.75, 3.05) is 0 Å². The molecule has 1 aromatic carbocycles. The van der Waals surface area contributed by atoms with E-state index in [1.165, 1.54) is 6.07 Å². The van der Waals surface area contributed by atoms with E-state index in [1.54, 1.807) is 6.92 Å². The molecule has 1 unspecified atom stereocenters. The largest absolute Gasteiger partial charge is 0.379 e. The zero-order chi connectivity index (χ0) is 10.8. The van der Waals surface area contributed by atoms with Crippen molar-refractivity contribution in [1.82, 2.24) is 4.74 Å². The summed E-state index contributed by atoms with van der Waals surface area (Å²) in [6.07, 6.45) is 0. The van der Waals surface area contributed by atoms with Crippen LogP contribution in [0.5, 0.6) is 0 Å². The number of alkyl halides is 1. The Labute approximate surface area is 91.9 Å². The van der Waals surface area contributed by atoms with Gasteiger partial charge < -0.3 is 4.52 Å². The van der Waals surface area contributed by atoms with Crippen molar-refractivity contribution in [2.24, 2.45) is 0 Å². The first-order valence-corrected chi connectivity index (χ1v) is 5.00. The van der Waals surface area contributed by atoms with Gasteiger partial charge in [0.15, 0.2) is 5.50 Å². The highest BCUT2D eigenvalue weighted by molar-refractivity contribution is 6.20. The van der Waals surface area contributed by atoms with Crippen LogP contribution in [0.15, 0.2) is 45.7 Å². The molecule has 1 atom stereocenters. The molecule has 0 aliphatic carbocycles. The second-order valence-electron chi connectivity index (χ2n) is 3.26. The van der Waals surface area contributed by atoms with Crippen molar-refractivity contribution >= 4 is 11.6 Å². The average molecular weight is 224 g/mol. The van der Waals surface area contributed by atoms with Crippen LogP contribution in [0.25, 0.3) is 0 Å². The molecule has 0 saturated heterocycles. The molecule has 2 rings (SSSR count). The van der Waals surface area contributed by atoms with Crippen molar-refractivity contribution in [3.8, 4) is 0 Å². The summed E-state index contributed by atoms with van der Waals surface area (Å²) in [6.45, 7) is 1.71. The predicted molar refractivity (Wildman–Crippen MR) is 58.1 cm³/mol. The van der Waals surface area contributed by atoms with Gasteiger partial charge in [-0.2, -0.15) is 0 Å². The molecule has 0 bridgehead atoms. The van der Waals surface area contributed by atoms with Gasteiger partial charge in [0, 0.05) is 6.07 Å². The molecule has 0 fully saturated rings. The Kier molecular flexibility index (Phi) is 2.64. The van der Waals surface area contributed by atoms with Crippen molar-refractivity contribution in [2.45, 2.75) is 12.4 Å². The monoisotopic (exact) mass is 223 g/mol. The summed E-state index contributed by atoms with van der Waals surface area (Å²) in [4.78, 5) is 11.4. The molecule has 0 aliphatic heterocycles. The smallest absolute Gasteiger partial charge is 0.284 e. The number of hydrogen-bond acceptors (Lipinski definition) is 2. The first kappa shape index (κ1) is 10.1. The summed E-state index contributed by atoms with van der Waals surface area (Å²) in [5.74, 6) is 0.557. The maximum absolute atomic E-state index is 11.4. The van der Waals surface area contributed by atoms with Gasteiger partial charge in [0.25, 0.3) is 5.56 Å². The highest BCUT2D eigenvalue weighted by Gasteiger charge is 2.14.